The number of ether oxygens (including phenoxy) is 2. The van der Waals surface area contributed by atoms with Crippen LogP contribution in [0.3, 0.4) is 0 Å². The van der Waals surface area contributed by atoms with Crippen molar-refractivity contribution < 1.29 is 28.7 Å². The van der Waals surface area contributed by atoms with Crippen LogP contribution in [0.5, 0.6) is 0 Å². The molecule has 1 N–H and O–H groups in total. The molecule has 0 saturated carbocycles. The summed E-state index contributed by atoms with van der Waals surface area (Å²) in [5.41, 5.74) is 0.687. The normalized spacial score (nSPS) is 19.8. The van der Waals surface area contributed by atoms with Crippen LogP contribution in [0.25, 0.3) is 0 Å². The molecule has 3 unspecified atom stereocenters. The molecular formula is C23H32N2O6S. The average molecular weight is 465 g/mol. The van der Waals surface area contributed by atoms with Gasteiger partial charge in [-0.3, -0.25) is 19.3 Å². The van der Waals surface area contributed by atoms with E-state index in [1.165, 1.54) is 16.7 Å². The van der Waals surface area contributed by atoms with Crippen LogP contribution >= 0.6 is 11.8 Å². The van der Waals surface area contributed by atoms with E-state index in [0.717, 1.165) is 5.56 Å². The molecule has 0 aliphatic carbocycles. The lowest BCUT2D eigenvalue weighted by Gasteiger charge is -2.40. The molecule has 1 aliphatic heterocycles. The number of hydrogen-bond donors (Lipinski definition) is 1. The van der Waals surface area contributed by atoms with Crippen LogP contribution in [0.1, 0.15) is 43.6 Å². The minimum atomic E-state index is -1.09. The van der Waals surface area contributed by atoms with Gasteiger partial charge in [0.25, 0.3) is 0 Å². The zero-order valence-electron chi connectivity index (χ0n) is 19.5. The lowest BCUT2D eigenvalue weighted by Crippen LogP contribution is -2.66. The Bertz CT molecular complexity index is 849. The van der Waals surface area contributed by atoms with E-state index in [4.69, 9.17) is 9.47 Å². The van der Waals surface area contributed by atoms with Crippen LogP contribution in [-0.2, 0) is 19.1 Å². The topological polar surface area (TPSA) is 102 Å². The molecule has 2 rings (SSSR count). The molecule has 1 aromatic carbocycles. The Morgan fingerprint density at radius 1 is 1.19 bits per heavy atom. The number of ketones is 2. The smallest absolute Gasteiger partial charge is 0.411 e. The summed E-state index contributed by atoms with van der Waals surface area (Å²) in [5, 5.41) is 2.53. The fourth-order valence-electron chi connectivity index (χ4n) is 3.23. The maximum absolute atomic E-state index is 13.1. The molecule has 1 fully saturated rings. The van der Waals surface area contributed by atoms with E-state index < -0.39 is 41.6 Å². The fourth-order valence-corrected chi connectivity index (χ4v) is 3.60. The molecule has 1 aromatic rings. The van der Waals surface area contributed by atoms with Gasteiger partial charge in [0.15, 0.2) is 18.2 Å². The Morgan fingerprint density at radius 3 is 2.38 bits per heavy atom. The number of nitrogens with zero attached hydrogens (tertiary/aromatic N) is 1. The van der Waals surface area contributed by atoms with Crippen LogP contribution < -0.4 is 5.32 Å². The Kier molecular flexibility index (Phi) is 8.86. The molecule has 0 bridgehead atoms. The number of esters is 1. The molecule has 176 valence electrons. The van der Waals surface area contributed by atoms with Crippen LogP contribution in [0.2, 0.25) is 0 Å². The third-order valence-electron chi connectivity index (χ3n) is 5.02. The SMILES string of the molecule is CSC(C)C(=O)C1C(C(=O)OCC(=O)c2ccc(C)cc2)NCCN1C(=O)OC(C)(C)C. The van der Waals surface area contributed by atoms with Crippen molar-refractivity contribution in [1.29, 1.82) is 0 Å². The Morgan fingerprint density at radius 2 is 1.81 bits per heavy atom. The van der Waals surface area contributed by atoms with Crippen molar-refractivity contribution >= 4 is 35.4 Å². The first kappa shape index (κ1) is 25.9. The van der Waals surface area contributed by atoms with Crippen LogP contribution in [0.4, 0.5) is 4.79 Å². The lowest BCUT2D eigenvalue weighted by atomic mass is 9.97. The van der Waals surface area contributed by atoms with Gasteiger partial charge >= 0.3 is 12.1 Å². The van der Waals surface area contributed by atoms with Gasteiger partial charge in [0.2, 0.25) is 0 Å². The van der Waals surface area contributed by atoms with E-state index in [2.05, 4.69) is 5.32 Å². The molecule has 0 aromatic heterocycles. The molecule has 9 heteroatoms. The van der Waals surface area contributed by atoms with Crippen molar-refractivity contribution in [3.63, 3.8) is 0 Å². The first-order valence-corrected chi connectivity index (χ1v) is 11.8. The van der Waals surface area contributed by atoms with Crippen LogP contribution in [-0.4, -0.2) is 77.4 Å². The van der Waals surface area contributed by atoms with Gasteiger partial charge in [-0.05, 0) is 40.9 Å². The zero-order valence-corrected chi connectivity index (χ0v) is 20.3. The molecule has 32 heavy (non-hydrogen) atoms. The van der Waals surface area contributed by atoms with Crippen molar-refractivity contribution in [1.82, 2.24) is 10.2 Å². The second kappa shape index (κ2) is 11.0. The van der Waals surface area contributed by atoms with Gasteiger partial charge in [-0.2, -0.15) is 11.8 Å². The van der Waals surface area contributed by atoms with E-state index in [-0.39, 0.29) is 24.7 Å². The Hall–Kier alpha value is -2.39. The van der Waals surface area contributed by atoms with E-state index in [1.54, 1.807) is 58.2 Å². The highest BCUT2D eigenvalue weighted by Crippen LogP contribution is 2.21. The number of Topliss-reactive ketones (excluding diaryl/α,β-unsaturated/α-hetero) is 2. The number of nitrogens with one attached hydrogen (secondary N) is 1. The number of benzene rings is 1. The molecule has 1 aliphatic rings. The van der Waals surface area contributed by atoms with Gasteiger partial charge in [0.1, 0.15) is 17.7 Å². The quantitative estimate of drug-likeness (QED) is 0.485. The summed E-state index contributed by atoms with van der Waals surface area (Å²) in [7, 11) is 0. The number of rotatable bonds is 7. The highest BCUT2D eigenvalue weighted by atomic mass is 32.2. The number of thioether (sulfide) groups is 1. The predicted molar refractivity (Wildman–Crippen MR) is 123 cm³/mol. The molecule has 0 radical (unpaired) electrons. The zero-order chi connectivity index (χ0) is 24.1. The van der Waals surface area contributed by atoms with E-state index in [9.17, 15) is 19.2 Å². The number of carbonyl (C=O) groups is 4. The second-order valence-corrected chi connectivity index (χ2v) is 9.91. The Balaban J connectivity index is 2.19. The van der Waals surface area contributed by atoms with Crippen molar-refractivity contribution in [2.24, 2.45) is 0 Å². The molecule has 8 nitrogen and oxygen atoms in total. The number of amides is 1. The molecular weight excluding hydrogens is 432 g/mol. The summed E-state index contributed by atoms with van der Waals surface area (Å²) in [6, 6.07) is 4.75. The summed E-state index contributed by atoms with van der Waals surface area (Å²) in [5.74, 6) is -1.40. The van der Waals surface area contributed by atoms with Gasteiger partial charge in [-0.25, -0.2) is 4.79 Å². The predicted octanol–water partition coefficient (Wildman–Crippen LogP) is 2.62. The van der Waals surface area contributed by atoms with Crippen LogP contribution in [0.15, 0.2) is 24.3 Å². The van der Waals surface area contributed by atoms with Gasteiger partial charge in [-0.15, -0.1) is 0 Å². The molecule has 1 heterocycles. The maximum Gasteiger partial charge on any atom is 0.411 e. The third-order valence-corrected chi connectivity index (χ3v) is 5.95. The highest BCUT2D eigenvalue weighted by molar-refractivity contribution is 7.99. The van der Waals surface area contributed by atoms with Gasteiger partial charge < -0.3 is 14.8 Å². The monoisotopic (exact) mass is 464 g/mol. The summed E-state index contributed by atoms with van der Waals surface area (Å²) in [4.78, 5) is 52.5. The van der Waals surface area contributed by atoms with E-state index >= 15 is 0 Å². The van der Waals surface area contributed by atoms with Crippen molar-refractivity contribution in [3.8, 4) is 0 Å². The summed E-state index contributed by atoms with van der Waals surface area (Å²) in [6.07, 6.45) is 1.11. The minimum absolute atomic E-state index is 0.207. The highest BCUT2D eigenvalue weighted by Gasteiger charge is 2.46. The lowest BCUT2D eigenvalue weighted by molar-refractivity contribution is -0.150. The molecule has 3 atom stereocenters. The van der Waals surface area contributed by atoms with E-state index in [1.807, 2.05) is 6.92 Å². The van der Waals surface area contributed by atoms with Gasteiger partial charge in [0.05, 0.1) is 5.25 Å². The van der Waals surface area contributed by atoms with Gasteiger partial charge in [-0.1, -0.05) is 29.8 Å². The number of piperazine rings is 1. The molecule has 0 spiro atoms. The minimum Gasteiger partial charge on any atom is -0.456 e. The summed E-state index contributed by atoms with van der Waals surface area (Å²) >= 11 is 1.32. The number of hydrogen-bond acceptors (Lipinski definition) is 8. The average Bonchev–Trinajstić information content (AvgIpc) is 2.74. The first-order valence-electron chi connectivity index (χ1n) is 10.5. The third kappa shape index (κ3) is 6.80. The van der Waals surface area contributed by atoms with E-state index in [0.29, 0.717) is 5.56 Å². The largest absolute Gasteiger partial charge is 0.456 e. The Labute approximate surface area is 193 Å². The van der Waals surface area contributed by atoms with Crippen molar-refractivity contribution in [3.05, 3.63) is 35.4 Å². The van der Waals surface area contributed by atoms with Crippen LogP contribution in [0, 0.1) is 6.92 Å². The second-order valence-electron chi connectivity index (χ2n) is 8.73. The first-order chi connectivity index (χ1) is 14.9. The van der Waals surface area contributed by atoms with Crippen molar-refractivity contribution in [2.75, 3.05) is 26.0 Å². The standard InChI is InChI=1S/C23H32N2O6S/c1-14-7-9-16(10-8-14)17(26)13-30-21(28)18-19(20(27)15(2)32-6)25(12-11-24-18)22(29)31-23(3,4)5/h7-10,15,18-19,24H,11-13H2,1-6H3. The summed E-state index contributed by atoms with van der Waals surface area (Å²) < 4.78 is 10.7. The number of aryl methyl sites for hydroxylation is 1. The summed E-state index contributed by atoms with van der Waals surface area (Å²) in [6.45, 7) is 8.86. The molecule has 1 amide bonds. The molecule has 1 saturated heterocycles. The maximum atomic E-state index is 13.1. The van der Waals surface area contributed by atoms with Gasteiger partial charge in [0, 0.05) is 18.7 Å². The van der Waals surface area contributed by atoms with Crippen molar-refractivity contribution in [2.45, 2.75) is 57.6 Å². The fraction of sp³-hybridized carbons (Fsp3) is 0.565. The number of carbonyl (C=O) groups excluding carboxylic acids is 4.